The Morgan fingerprint density at radius 3 is 2.42 bits per heavy atom. The number of fused-ring (bicyclic) bond motifs is 1. The molecule has 3 amide bonds. The lowest BCUT2D eigenvalue weighted by molar-refractivity contribution is 0.0631. The quantitative estimate of drug-likeness (QED) is 0.579. The minimum absolute atomic E-state index is 0.0139. The molecule has 2 aromatic carbocycles. The molecule has 9 nitrogen and oxygen atoms in total. The minimum atomic E-state index is -3.28. The first-order valence-electron chi connectivity index (χ1n) is 10.3. The zero-order valence-corrected chi connectivity index (χ0v) is 18.2. The first-order valence-corrected chi connectivity index (χ1v) is 11.9. The number of imide groups is 1. The molecule has 0 saturated carbocycles. The van der Waals surface area contributed by atoms with Crippen LogP contribution in [0.2, 0.25) is 0 Å². The number of carbonyl (C=O) groups is 3. The van der Waals surface area contributed by atoms with Crippen LogP contribution in [0.25, 0.3) is 0 Å². The van der Waals surface area contributed by atoms with Crippen LogP contribution < -0.4 is 9.62 Å². The second-order valence-corrected chi connectivity index (χ2v) is 9.79. The number of nitrogens with zero attached hydrogens (tertiary/aromatic N) is 2. The number of hydrogen-bond donors (Lipinski definition) is 1. The van der Waals surface area contributed by atoms with Crippen LogP contribution in [-0.2, 0) is 16.6 Å². The molecule has 3 aromatic rings. The van der Waals surface area contributed by atoms with Gasteiger partial charge in [0.05, 0.1) is 35.4 Å². The number of carbonyl (C=O) groups excluding carboxylic acids is 3. The van der Waals surface area contributed by atoms with E-state index in [1.165, 1.54) is 28.8 Å². The van der Waals surface area contributed by atoms with Crippen molar-refractivity contribution < 1.29 is 27.2 Å². The van der Waals surface area contributed by atoms with Crippen molar-refractivity contribution in [1.29, 1.82) is 0 Å². The van der Waals surface area contributed by atoms with Gasteiger partial charge in [0.15, 0.2) is 0 Å². The van der Waals surface area contributed by atoms with Crippen molar-refractivity contribution in [3.63, 3.8) is 0 Å². The average molecular weight is 465 g/mol. The molecule has 1 saturated heterocycles. The van der Waals surface area contributed by atoms with E-state index >= 15 is 0 Å². The van der Waals surface area contributed by atoms with Crippen LogP contribution in [0.15, 0.2) is 65.3 Å². The Bertz CT molecular complexity index is 1360. The van der Waals surface area contributed by atoms with E-state index in [2.05, 4.69) is 5.32 Å². The van der Waals surface area contributed by atoms with Gasteiger partial charge in [-0.1, -0.05) is 0 Å². The summed E-state index contributed by atoms with van der Waals surface area (Å²) in [6.07, 6.45) is 2.05. The van der Waals surface area contributed by atoms with Crippen LogP contribution in [0.5, 0.6) is 0 Å². The van der Waals surface area contributed by atoms with E-state index in [1.54, 1.807) is 36.4 Å². The molecule has 3 heterocycles. The number of nitrogens with one attached hydrogen (secondary N) is 1. The smallest absolute Gasteiger partial charge is 0.261 e. The third kappa shape index (κ3) is 3.78. The van der Waals surface area contributed by atoms with Crippen LogP contribution in [0, 0.1) is 0 Å². The molecule has 1 aromatic heterocycles. The molecule has 0 bridgehead atoms. The predicted molar refractivity (Wildman–Crippen MR) is 119 cm³/mol. The molecule has 2 aliphatic heterocycles. The maximum atomic E-state index is 12.8. The van der Waals surface area contributed by atoms with Gasteiger partial charge >= 0.3 is 0 Å². The third-order valence-corrected chi connectivity index (χ3v) is 7.51. The summed E-state index contributed by atoms with van der Waals surface area (Å²) >= 11 is 0. The molecule has 168 valence electrons. The van der Waals surface area contributed by atoms with Gasteiger partial charge < -0.3 is 9.73 Å². The molecule has 1 N–H and O–H groups in total. The van der Waals surface area contributed by atoms with E-state index in [0.717, 1.165) is 4.90 Å². The van der Waals surface area contributed by atoms with Crippen LogP contribution >= 0.6 is 0 Å². The van der Waals surface area contributed by atoms with Crippen molar-refractivity contribution in [2.24, 2.45) is 0 Å². The van der Waals surface area contributed by atoms with Gasteiger partial charge in [0.25, 0.3) is 17.7 Å². The van der Waals surface area contributed by atoms with Gasteiger partial charge in [-0.25, -0.2) is 8.42 Å². The van der Waals surface area contributed by atoms with Crippen molar-refractivity contribution in [2.75, 3.05) is 21.9 Å². The van der Waals surface area contributed by atoms with Gasteiger partial charge in [0, 0.05) is 17.8 Å². The van der Waals surface area contributed by atoms with Gasteiger partial charge in [-0.15, -0.1) is 0 Å². The summed E-state index contributed by atoms with van der Waals surface area (Å²) in [6, 6.07) is 14.2. The lowest BCUT2D eigenvalue weighted by Gasteiger charge is -2.17. The summed E-state index contributed by atoms with van der Waals surface area (Å²) < 4.78 is 30.7. The van der Waals surface area contributed by atoms with Crippen molar-refractivity contribution in [3.05, 3.63) is 83.3 Å². The fourth-order valence-electron chi connectivity index (χ4n) is 3.98. The van der Waals surface area contributed by atoms with Crippen LogP contribution in [-0.4, -0.2) is 43.3 Å². The Morgan fingerprint density at radius 2 is 1.76 bits per heavy atom. The lowest BCUT2D eigenvalue weighted by Crippen LogP contribution is -2.28. The predicted octanol–water partition coefficient (Wildman–Crippen LogP) is 2.87. The van der Waals surface area contributed by atoms with Crippen molar-refractivity contribution in [3.8, 4) is 0 Å². The zero-order chi connectivity index (χ0) is 23.2. The van der Waals surface area contributed by atoms with Crippen molar-refractivity contribution >= 4 is 39.1 Å². The molecule has 0 atom stereocenters. The normalized spacial score (nSPS) is 16.8. The number of rotatable bonds is 5. The highest BCUT2D eigenvalue weighted by Crippen LogP contribution is 2.27. The Labute approximate surface area is 189 Å². The number of sulfonamides is 1. The fraction of sp³-hybridized carbons (Fsp3) is 0.174. The number of benzene rings is 2. The molecule has 10 heteroatoms. The number of anilines is 2. The van der Waals surface area contributed by atoms with Crippen molar-refractivity contribution in [1.82, 2.24) is 4.90 Å². The highest BCUT2D eigenvalue weighted by Gasteiger charge is 2.36. The first-order chi connectivity index (χ1) is 15.8. The highest BCUT2D eigenvalue weighted by atomic mass is 32.2. The van der Waals surface area contributed by atoms with E-state index in [9.17, 15) is 22.8 Å². The Balaban J connectivity index is 1.31. The lowest BCUT2D eigenvalue weighted by atomic mass is 10.1. The van der Waals surface area contributed by atoms with Gasteiger partial charge in [-0.3, -0.25) is 23.6 Å². The summed E-state index contributed by atoms with van der Waals surface area (Å²) in [6.45, 7) is 0.451. The van der Waals surface area contributed by atoms with E-state index in [-0.39, 0.29) is 29.0 Å². The Morgan fingerprint density at radius 1 is 1.00 bits per heavy atom. The summed E-state index contributed by atoms with van der Waals surface area (Å²) in [4.78, 5) is 39.2. The molecule has 0 unspecified atom stereocenters. The molecule has 33 heavy (non-hydrogen) atoms. The van der Waals surface area contributed by atoms with E-state index in [4.69, 9.17) is 4.42 Å². The van der Waals surface area contributed by atoms with E-state index in [1.807, 2.05) is 0 Å². The fourth-order valence-corrected chi connectivity index (χ4v) is 5.54. The minimum Gasteiger partial charge on any atom is -0.467 e. The molecule has 0 aliphatic carbocycles. The van der Waals surface area contributed by atoms with E-state index in [0.29, 0.717) is 30.1 Å². The van der Waals surface area contributed by atoms with E-state index < -0.39 is 27.7 Å². The maximum absolute atomic E-state index is 12.8. The van der Waals surface area contributed by atoms with Gasteiger partial charge in [0.2, 0.25) is 10.0 Å². The summed E-state index contributed by atoms with van der Waals surface area (Å²) in [7, 11) is -3.28. The second kappa shape index (κ2) is 7.89. The highest BCUT2D eigenvalue weighted by molar-refractivity contribution is 7.93. The second-order valence-electron chi connectivity index (χ2n) is 7.78. The number of amides is 3. The molecular weight excluding hydrogens is 446 g/mol. The summed E-state index contributed by atoms with van der Waals surface area (Å²) in [5.74, 6) is -0.774. The Hall–Kier alpha value is -3.92. The summed E-state index contributed by atoms with van der Waals surface area (Å²) in [5, 5.41) is 2.73. The van der Waals surface area contributed by atoms with Crippen LogP contribution in [0.3, 0.4) is 0 Å². The average Bonchev–Trinajstić information content (AvgIpc) is 3.50. The third-order valence-electron chi connectivity index (χ3n) is 5.64. The largest absolute Gasteiger partial charge is 0.467 e. The maximum Gasteiger partial charge on any atom is 0.261 e. The van der Waals surface area contributed by atoms with Gasteiger partial charge in [0.1, 0.15) is 5.76 Å². The van der Waals surface area contributed by atoms with Gasteiger partial charge in [-0.2, -0.15) is 0 Å². The summed E-state index contributed by atoms with van der Waals surface area (Å²) in [5.41, 5.74) is 1.64. The topological polar surface area (TPSA) is 117 Å². The Kier molecular flexibility index (Phi) is 5.01. The number of hydrogen-bond acceptors (Lipinski definition) is 6. The molecule has 1 fully saturated rings. The van der Waals surface area contributed by atoms with Crippen LogP contribution in [0.1, 0.15) is 43.3 Å². The molecule has 0 spiro atoms. The SMILES string of the molecule is O=C(Nc1ccc(N2CCCS2(=O)=O)cc1)c1ccc2c(c1)C(=O)N(Cc1ccco1)C2=O. The zero-order valence-electron chi connectivity index (χ0n) is 17.4. The molecule has 5 rings (SSSR count). The van der Waals surface area contributed by atoms with Gasteiger partial charge in [-0.05, 0) is 61.0 Å². The van der Waals surface area contributed by atoms with Crippen molar-refractivity contribution in [2.45, 2.75) is 13.0 Å². The molecule has 0 radical (unpaired) electrons. The number of furan rings is 1. The molecule has 2 aliphatic rings. The molecular formula is C23H19N3O6S. The monoisotopic (exact) mass is 465 g/mol. The first kappa shape index (κ1) is 21.0. The standard InChI is InChI=1S/C23H19N3O6S/c27-21(24-16-5-7-17(8-6-16)26-10-2-12-33(26,30)31)15-4-9-19-20(13-15)23(29)25(22(19)28)14-18-3-1-11-32-18/h1,3-9,11,13H,2,10,12,14H2,(H,24,27). The van der Waals surface area contributed by atoms with Crippen LogP contribution in [0.4, 0.5) is 11.4 Å².